The van der Waals surface area contributed by atoms with Crippen LogP contribution in [0.4, 0.5) is 29.2 Å². The molecule has 0 N–H and O–H groups in total. The number of pyridine rings is 4. The lowest BCUT2D eigenvalue weighted by Crippen LogP contribution is -2.36. The quantitative estimate of drug-likeness (QED) is 0.260. The normalized spacial score (nSPS) is 11.5. The molecule has 0 bridgehead atoms. The maximum Gasteiger partial charge on any atom is 0.234 e. The predicted molar refractivity (Wildman–Crippen MR) is 108 cm³/mol. The van der Waals surface area contributed by atoms with E-state index in [-0.39, 0.29) is 27.0 Å². The van der Waals surface area contributed by atoms with Gasteiger partial charge in [-0.25, -0.2) is 4.48 Å². The summed E-state index contributed by atoms with van der Waals surface area (Å²) in [5, 5.41) is 0. The van der Waals surface area contributed by atoms with Gasteiger partial charge in [-0.05, 0) is 36.4 Å². The van der Waals surface area contributed by atoms with Crippen LogP contribution in [0, 0.1) is 23.8 Å². The first kappa shape index (κ1) is 20.5. The summed E-state index contributed by atoms with van der Waals surface area (Å²) in [6, 6.07) is 14.7. The molecule has 31 heavy (non-hydrogen) atoms. The first-order valence-corrected chi connectivity index (χ1v) is 9.20. The van der Waals surface area contributed by atoms with Crippen LogP contribution < -0.4 is 4.48 Å². The highest BCUT2D eigenvalue weighted by Crippen LogP contribution is 2.32. The largest absolute Gasteiger partial charge is 0.234 e. The molecule has 4 aromatic heterocycles. The standard InChI is InChI=1S/C22H16F4N5/c1-31(2,19-7-3-5-15(27-19)13-9-11-17(23)29-21(13)25)20-8-4-6-16(28-20)14-10-12-18(24)30-22(14)26/h3-12H,1-2H3/q+1. The number of hydrogen-bond donors (Lipinski definition) is 0. The van der Waals surface area contributed by atoms with E-state index in [1.54, 1.807) is 50.5 Å². The Labute approximate surface area is 175 Å². The Kier molecular flexibility index (Phi) is 5.20. The van der Waals surface area contributed by atoms with Crippen LogP contribution in [-0.2, 0) is 0 Å². The number of hydrogen-bond acceptors (Lipinski definition) is 4. The molecule has 0 aromatic carbocycles. The fourth-order valence-electron chi connectivity index (χ4n) is 3.09. The van der Waals surface area contributed by atoms with Gasteiger partial charge in [-0.1, -0.05) is 12.1 Å². The lowest BCUT2D eigenvalue weighted by atomic mass is 10.1. The van der Waals surface area contributed by atoms with Gasteiger partial charge in [0.25, 0.3) is 0 Å². The van der Waals surface area contributed by atoms with Crippen LogP contribution in [-0.4, -0.2) is 34.0 Å². The minimum atomic E-state index is -0.964. The van der Waals surface area contributed by atoms with Crippen LogP contribution in [0.2, 0.25) is 0 Å². The highest BCUT2D eigenvalue weighted by molar-refractivity contribution is 5.64. The van der Waals surface area contributed by atoms with E-state index < -0.39 is 23.8 Å². The number of aromatic nitrogens is 4. The monoisotopic (exact) mass is 426 g/mol. The molecule has 156 valence electrons. The van der Waals surface area contributed by atoms with Crippen LogP contribution in [0.5, 0.6) is 0 Å². The zero-order valence-electron chi connectivity index (χ0n) is 16.5. The second-order valence-electron chi connectivity index (χ2n) is 7.16. The van der Waals surface area contributed by atoms with Crippen molar-refractivity contribution in [1.82, 2.24) is 24.4 Å². The Morgan fingerprint density at radius 1 is 0.548 bits per heavy atom. The fourth-order valence-corrected chi connectivity index (χ4v) is 3.09. The molecule has 0 unspecified atom stereocenters. The number of quaternary nitrogens is 1. The van der Waals surface area contributed by atoms with E-state index in [0.29, 0.717) is 11.6 Å². The molecule has 4 heterocycles. The van der Waals surface area contributed by atoms with Crippen LogP contribution in [0.1, 0.15) is 0 Å². The summed E-state index contributed by atoms with van der Waals surface area (Å²) in [5.41, 5.74) is 0.672. The van der Waals surface area contributed by atoms with Gasteiger partial charge in [-0.3, -0.25) is 0 Å². The summed E-state index contributed by atoms with van der Waals surface area (Å²) in [7, 11) is 3.60. The molecule has 0 aliphatic heterocycles. The van der Waals surface area contributed by atoms with Crippen molar-refractivity contribution in [2.75, 3.05) is 14.1 Å². The second kappa shape index (κ2) is 7.84. The second-order valence-corrected chi connectivity index (χ2v) is 7.16. The van der Waals surface area contributed by atoms with Crippen LogP contribution in [0.3, 0.4) is 0 Å². The Morgan fingerprint density at radius 3 is 1.35 bits per heavy atom. The van der Waals surface area contributed by atoms with E-state index in [1.165, 1.54) is 12.1 Å². The maximum atomic E-state index is 14.1. The van der Waals surface area contributed by atoms with Gasteiger partial charge in [-0.2, -0.15) is 37.5 Å². The number of rotatable bonds is 4. The summed E-state index contributed by atoms with van der Waals surface area (Å²) >= 11 is 0. The third kappa shape index (κ3) is 3.99. The summed E-state index contributed by atoms with van der Waals surface area (Å²) in [5.74, 6) is -2.76. The molecule has 0 saturated heterocycles. The van der Waals surface area contributed by atoms with Crippen molar-refractivity contribution < 1.29 is 17.6 Å². The molecule has 0 fully saturated rings. The molecule has 4 rings (SSSR count). The summed E-state index contributed by atoms with van der Waals surface area (Å²) in [4.78, 5) is 15.4. The molecule has 5 nitrogen and oxygen atoms in total. The Morgan fingerprint density at radius 2 is 0.968 bits per heavy atom. The zero-order valence-corrected chi connectivity index (χ0v) is 16.5. The van der Waals surface area contributed by atoms with E-state index in [9.17, 15) is 17.6 Å². The Hall–Kier alpha value is -3.72. The van der Waals surface area contributed by atoms with Crippen molar-refractivity contribution in [3.8, 4) is 22.5 Å². The van der Waals surface area contributed by atoms with Crippen molar-refractivity contribution in [3.05, 3.63) is 84.5 Å². The average Bonchev–Trinajstić information content (AvgIpc) is 2.74. The van der Waals surface area contributed by atoms with Gasteiger partial charge < -0.3 is 0 Å². The molecule has 0 atom stereocenters. The highest BCUT2D eigenvalue weighted by atomic mass is 19.1. The van der Waals surface area contributed by atoms with Crippen molar-refractivity contribution in [1.29, 1.82) is 0 Å². The SMILES string of the molecule is C[N+](C)(c1cccc(-c2ccc(F)nc2F)n1)c1cccc(-c2ccc(F)nc2F)n1. The van der Waals surface area contributed by atoms with Gasteiger partial charge in [0, 0.05) is 12.1 Å². The van der Waals surface area contributed by atoms with Gasteiger partial charge in [0.1, 0.15) is 0 Å². The predicted octanol–water partition coefficient (Wildman–Crippen LogP) is 5.06. The minimum Gasteiger partial charge on any atom is -0.231 e. The van der Waals surface area contributed by atoms with Crippen molar-refractivity contribution in [2.45, 2.75) is 0 Å². The topological polar surface area (TPSA) is 51.6 Å². The van der Waals surface area contributed by atoms with Crippen LogP contribution in [0.15, 0.2) is 60.7 Å². The van der Waals surface area contributed by atoms with Crippen LogP contribution >= 0.6 is 0 Å². The van der Waals surface area contributed by atoms with Gasteiger partial charge in [0.2, 0.25) is 35.4 Å². The number of nitrogens with zero attached hydrogens (tertiary/aromatic N) is 5. The highest BCUT2D eigenvalue weighted by Gasteiger charge is 2.27. The van der Waals surface area contributed by atoms with Gasteiger partial charge in [0.05, 0.1) is 36.6 Å². The summed E-state index contributed by atoms with van der Waals surface area (Å²) < 4.78 is 54.6. The average molecular weight is 426 g/mol. The van der Waals surface area contributed by atoms with E-state index in [0.717, 1.165) is 12.1 Å². The Balaban J connectivity index is 1.75. The van der Waals surface area contributed by atoms with Crippen LogP contribution in [0.25, 0.3) is 22.5 Å². The molecule has 0 aliphatic carbocycles. The van der Waals surface area contributed by atoms with E-state index >= 15 is 0 Å². The minimum absolute atomic E-state index is 0.0359. The van der Waals surface area contributed by atoms with E-state index in [1.807, 2.05) is 0 Å². The molecule has 0 spiro atoms. The number of halogens is 4. The maximum absolute atomic E-state index is 14.1. The van der Waals surface area contributed by atoms with Gasteiger partial charge in [-0.15, -0.1) is 0 Å². The van der Waals surface area contributed by atoms with E-state index in [4.69, 9.17) is 0 Å². The molecule has 0 amide bonds. The molecule has 0 aliphatic rings. The van der Waals surface area contributed by atoms with Gasteiger partial charge in [0.15, 0.2) is 0 Å². The van der Waals surface area contributed by atoms with E-state index in [2.05, 4.69) is 19.9 Å². The molecule has 4 aromatic rings. The molecular weight excluding hydrogens is 410 g/mol. The molecule has 9 heteroatoms. The van der Waals surface area contributed by atoms with Crippen molar-refractivity contribution in [2.24, 2.45) is 0 Å². The van der Waals surface area contributed by atoms with Crippen molar-refractivity contribution in [3.63, 3.8) is 0 Å². The lowest BCUT2D eigenvalue weighted by molar-refractivity contribution is 0.513. The first-order valence-electron chi connectivity index (χ1n) is 9.20. The van der Waals surface area contributed by atoms with Crippen molar-refractivity contribution >= 4 is 11.6 Å². The molecule has 0 radical (unpaired) electrons. The zero-order chi connectivity index (χ0) is 22.2. The molecular formula is C22H16F4N5+. The third-order valence-corrected chi connectivity index (χ3v) is 4.80. The third-order valence-electron chi connectivity index (χ3n) is 4.80. The lowest BCUT2D eigenvalue weighted by Gasteiger charge is -2.26. The first-order chi connectivity index (χ1) is 14.8. The fraction of sp³-hybridized carbons (Fsp3) is 0.0909. The summed E-state index contributed by atoms with van der Waals surface area (Å²) in [6.07, 6.45) is 0. The Bertz CT molecular complexity index is 1180. The summed E-state index contributed by atoms with van der Waals surface area (Å²) in [6.45, 7) is 0. The molecule has 0 saturated carbocycles. The van der Waals surface area contributed by atoms with Gasteiger partial charge >= 0.3 is 0 Å². The smallest absolute Gasteiger partial charge is 0.231 e.